The van der Waals surface area contributed by atoms with Crippen molar-refractivity contribution < 1.29 is 9.53 Å². The highest BCUT2D eigenvalue weighted by Crippen LogP contribution is 2.41. The first-order valence-electron chi connectivity index (χ1n) is 6.68. The molecule has 1 aliphatic heterocycles. The largest absolute Gasteiger partial charge is 0.383 e. The van der Waals surface area contributed by atoms with Crippen LogP contribution in [0.4, 0.5) is 0 Å². The monoisotopic (exact) mass is 366 g/mol. The number of Topliss-reactive ketones (excluding diaryl/α,β-unsaturated/α-hetero) is 1. The Morgan fingerprint density at radius 2 is 2.33 bits per heavy atom. The standard InChI is InChI=1S/C15H15BrN2O2S/c1-20-7-6-18-14(12(16)8-17-18)15(19)11-9-21-13-5-3-2-4-10(11)13/h2-5,8,11H,6-7,9H2,1H3. The number of rotatable bonds is 5. The lowest BCUT2D eigenvalue weighted by Gasteiger charge is -2.12. The summed E-state index contributed by atoms with van der Waals surface area (Å²) in [5.74, 6) is 0.813. The average molecular weight is 367 g/mol. The number of fused-ring (bicyclic) bond motifs is 1. The molecule has 0 bridgehead atoms. The molecule has 6 heteroatoms. The van der Waals surface area contributed by atoms with Crippen LogP contribution in [-0.4, -0.2) is 35.0 Å². The minimum atomic E-state index is -0.0968. The smallest absolute Gasteiger partial charge is 0.190 e. The van der Waals surface area contributed by atoms with E-state index in [4.69, 9.17) is 4.74 Å². The van der Waals surface area contributed by atoms with Crippen molar-refractivity contribution in [2.45, 2.75) is 17.4 Å². The van der Waals surface area contributed by atoms with Crippen LogP contribution in [0.5, 0.6) is 0 Å². The Hall–Kier alpha value is -1.11. The van der Waals surface area contributed by atoms with Crippen molar-refractivity contribution in [3.05, 3.63) is 46.2 Å². The van der Waals surface area contributed by atoms with Gasteiger partial charge in [-0.1, -0.05) is 18.2 Å². The highest BCUT2D eigenvalue weighted by Gasteiger charge is 2.32. The Balaban J connectivity index is 1.91. The number of ether oxygens (including phenoxy) is 1. The molecule has 3 rings (SSSR count). The molecular weight excluding hydrogens is 352 g/mol. The summed E-state index contributed by atoms with van der Waals surface area (Å²) in [4.78, 5) is 14.1. The number of thioether (sulfide) groups is 1. The number of methoxy groups -OCH3 is 1. The van der Waals surface area contributed by atoms with Gasteiger partial charge in [0.2, 0.25) is 0 Å². The zero-order chi connectivity index (χ0) is 14.8. The quantitative estimate of drug-likeness (QED) is 0.761. The van der Waals surface area contributed by atoms with Crippen LogP contribution in [0.25, 0.3) is 0 Å². The molecule has 110 valence electrons. The zero-order valence-electron chi connectivity index (χ0n) is 11.6. The van der Waals surface area contributed by atoms with E-state index in [2.05, 4.69) is 27.1 Å². The second-order valence-corrected chi connectivity index (χ2v) is 6.74. The van der Waals surface area contributed by atoms with Crippen LogP contribution in [0.2, 0.25) is 0 Å². The van der Waals surface area contributed by atoms with Crippen molar-refractivity contribution >= 4 is 33.5 Å². The molecule has 1 aromatic heterocycles. The van der Waals surface area contributed by atoms with E-state index in [-0.39, 0.29) is 11.7 Å². The van der Waals surface area contributed by atoms with Crippen molar-refractivity contribution in [1.29, 1.82) is 0 Å². The fourth-order valence-corrected chi connectivity index (χ4v) is 4.22. The van der Waals surface area contributed by atoms with Crippen LogP contribution >= 0.6 is 27.7 Å². The van der Waals surface area contributed by atoms with Gasteiger partial charge in [0.25, 0.3) is 0 Å². The number of benzene rings is 1. The molecule has 2 heterocycles. The topological polar surface area (TPSA) is 44.1 Å². The summed E-state index contributed by atoms with van der Waals surface area (Å²) in [6, 6.07) is 8.12. The van der Waals surface area contributed by atoms with E-state index in [0.717, 1.165) is 15.8 Å². The number of aromatic nitrogens is 2. The molecule has 1 aromatic carbocycles. The van der Waals surface area contributed by atoms with Crippen molar-refractivity contribution in [1.82, 2.24) is 9.78 Å². The molecule has 1 aliphatic rings. The summed E-state index contributed by atoms with van der Waals surface area (Å²) in [5, 5.41) is 4.26. The van der Waals surface area contributed by atoms with E-state index in [9.17, 15) is 4.79 Å². The van der Waals surface area contributed by atoms with Gasteiger partial charge in [0.1, 0.15) is 5.69 Å². The molecule has 0 amide bonds. The predicted molar refractivity (Wildman–Crippen MR) is 86.0 cm³/mol. The van der Waals surface area contributed by atoms with Crippen molar-refractivity contribution in [3.8, 4) is 0 Å². The second kappa shape index (κ2) is 6.34. The van der Waals surface area contributed by atoms with Gasteiger partial charge in [-0.15, -0.1) is 11.8 Å². The normalized spacial score (nSPS) is 17.0. The Labute approximate surface area is 136 Å². The third-order valence-electron chi connectivity index (χ3n) is 3.55. The fourth-order valence-electron chi connectivity index (χ4n) is 2.50. The number of ketones is 1. The molecule has 4 nitrogen and oxygen atoms in total. The van der Waals surface area contributed by atoms with Gasteiger partial charge >= 0.3 is 0 Å². The van der Waals surface area contributed by atoms with E-state index >= 15 is 0 Å². The highest BCUT2D eigenvalue weighted by molar-refractivity contribution is 9.10. The van der Waals surface area contributed by atoms with Crippen LogP contribution in [0.3, 0.4) is 0 Å². The molecular formula is C15H15BrN2O2S. The summed E-state index contributed by atoms with van der Waals surface area (Å²) >= 11 is 5.19. The molecule has 1 unspecified atom stereocenters. The lowest BCUT2D eigenvalue weighted by Crippen LogP contribution is -2.19. The SMILES string of the molecule is COCCn1ncc(Br)c1C(=O)C1CSc2ccccc21. The minimum absolute atomic E-state index is 0.0968. The van der Waals surface area contributed by atoms with Gasteiger partial charge in [-0.3, -0.25) is 9.48 Å². The summed E-state index contributed by atoms with van der Waals surface area (Å²) in [6.07, 6.45) is 1.68. The van der Waals surface area contributed by atoms with Crippen molar-refractivity contribution in [2.24, 2.45) is 0 Å². The van der Waals surface area contributed by atoms with Crippen LogP contribution < -0.4 is 0 Å². The molecule has 0 aliphatic carbocycles. The lowest BCUT2D eigenvalue weighted by atomic mass is 9.95. The second-order valence-electron chi connectivity index (χ2n) is 4.82. The fraction of sp³-hybridized carbons (Fsp3) is 0.333. The summed E-state index contributed by atoms with van der Waals surface area (Å²) in [7, 11) is 1.64. The van der Waals surface area contributed by atoms with Crippen LogP contribution in [0.1, 0.15) is 22.0 Å². The highest BCUT2D eigenvalue weighted by atomic mass is 79.9. The first-order chi connectivity index (χ1) is 10.2. The minimum Gasteiger partial charge on any atom is -0.383 e. The maximum atomic E-state index is 12.9. The zero-order valence-corrected chi connectivity index (χ0v) is 14.0. The Kier molecular flexibility index (Phi) is 4.47. The number of halogens is 1. The number of hydrogen-bond acceptors (Lipinski definition) is 4. The molecule has 1 atom stereocenters. The van der Waals surface area contributed by atoms with E-state index in [0.29, 0.717) is 18.8 Å². The van der Waals surface area contributed by atoms with E-state index in [1.807, 2.05) is 18.2 Å². The first-order valence-corrected chi connectivity index (χ1v) is 8.46. The summed E-state index contributed by atoms with van der Waals surface area (Å²) < 4.78 is 7.55. The number of hydrogen-bond donors (Lipinski definition) is 0. The van der Waals surface area contributed by atoms with Crippen molar-refractivity contribution in [2.75, 3.05) is 19.5 Å². The Morgan fingerprint density at radius 3 is 3.14 bits per heavy atom. The first kappa shape index (κ1) is 14.8. The van der Waals surface area contributed by atoms with Gasteiger partial charge in [-0.2, -0.15) is 5.10 Å². The van der Waals surface area contributed by atoms with Gasteiger partial charge < -0.3 is 4.74 Å². The van der Waals surface area contributed by atoms with E-state index in [1.54, 1.807) is 29.8 Å². The number of nitrogens with zero attached hydrogens (tertiary/aromatic N) is 2. The molecule has 2 aromatic rings. The molecule has 0 radical (unpaired) electrons. The van der Waals surface area contributed by atoms with Gasteiger partial charge in [-0.05, 0) is 27.6 Å². The van der Waals surface area contributed by atoms with E-state index in [1.165, 1.54) is 4.90 Å². The maximum Gasteiger partial charge on any atom is 0.190 e. The van der Waals surface area contributed by atoms with Gasteiger partial charge in [0, 0.05) is 17.8 Å². The van der Waals surface area contributed by atoms with Crippen LogP contribution in [0.15, 0.2) is 39.8 Å². The van der Waals surface area contributed by atoms with Gasteiger partial charge in [-0.25, -0.2) is 0 Å². The molecule has 21 heavy (non-hydrogen) atoms. The van der Waals surface area contributed by atoms with Crippen molar-refractivity contribution in [3.63, 3.8) is 0 Å². The predicted octanol–water partition coefficient (Wildman–Crippen LogP) is 3.36. The molecule has 0 fully saturated rings. The van der Waals surface area contributed by atoms with Gasteiger partial charge in [0.15, 0.2) is 5.78 Å². The van der Waals surface area contributed by atoms with Crippen LogP contribution in [0, 0.1) is 0 Å². The molecule has 0 saturated heterocycles. The Morgan fingerprint density at radius 1 is 1.52 bits per heavy atom. The third-order valence-corrected chi connectivity index (χ3v) is 5.31. The summed E-state index contributed by atoms with van der Waals surface area (Å²) in [6.45, 7) is 1.11. The molecule has 0 saturated carbocycles. The maximum absolute atomic E-state index is 12.9. The van der Waals surface area contributed by atoms with Gasteiger partial charge in [0.05, 0.1) is 29.7 Å². The third kappa shape index (κ3) is 2.80. The molecule has 0 spiro atoms. The number of carbonyl (C=O) groups is 1. The van der Waals surface area contributed by atoms with Crippen LogP contribution in [-0.2, 0) is 11.3 Å². The summed E-state index contributed by atoms with van der Waals surface area (Å²) in [5.41, 5.74) is 1.76. The number of carbonyl (C=O) groups excluding carboxylic acids is 1. The lowest BCUT2D eigenvalue weighted by molar-refractivity contribution is 0.0953. The molecule has 0 N–H and O–H groups in total. The Bertz CT molecular complexity index is 671. The van der Waals surface area contributed by atoms with E-state index < -0.39 is 0 Å². The average Bonchev–Trinajstić information content (AvgIpc) is 3.08.